The van der Waals surface area contributed by atoms with E-state index in [0.29, 0.717) is 38.3 Å². The van der Waals surface area contributed by atoms with Crippen LogP contribution in [-0.2, 0) is 19.6 Å². The van der Waals surface area contributed by atoms with Crippen LogP contribution in [0.3, 0.4) is 0 Å². The number of benzene rings is 1. The summed E-state index contributed by atoms with van der Waals surface area (Å²) in [6, 6.07) is 4.31. The molecule has 27 heavy (non-hydrogen) atoms. The third kappa shape index (κ3) is 5.57. The topological polar surface area (TPSA) is 84.9 Å². The van der Waals surface area contributed by atoms with Gasteiger partial charge in [-0.15, -0.1) is 0 Å². The van der Waals surface area contributed by atoms with E-state index in [0.717, 1.165) is 0 Å². The molecule has 7 nitrogen and oxygen atoms in total. The van der Waals surface area contributed by atoms with Gasteiger partial charge in [0.1, 0.15) is 5.75 Å². The minimum Gasteiger partial charge on any atom is -0.492 e. The van der Waals surface area contributed by atoms with E-state index < -0.39 is 10.0 Å². The summed E-state index contributed by atoms with van der Waals surface area (Å²) in [6.45, 7) is 5.05. The van der Waals surface area contributed by atoms with Crippen LogP contribution in [0, 0.1) is 5.92 Å². The minimum atomic E-state index is -3.73. The van der Waals surface area contributed by atoms with Gasteiger partial charge < -0.3 is 14.8 Å². The molecule has 0 aliphatic carbocycles. The van der Waals surface area contributed by atoms with Crippen molar-refractivity contribution in [1.29, 1.82) is 0 Å². The third-order valence-electron chi connectivity index (χ3n) is 4.40. The number of piperidine rings is 1. The predicted octanol–water partition coefficient (Wildman–Crippen LogP) is 2.29. The smallest absolute Gasteiger partial charge is 0.243 e. The van der Waals surface area contributed by atoms with Gasteiger partial charge in [0.2, 0.25) is 15.9 Å². The average molecular weight is 419 g/mol. The number of sulfonamides is 1. The molecule has 152 valence electrons. The van der Waals surface area contributed by atoms with Gasteiger partial charge in [-0.1, -0.05) is 11.6 Å². The Hall–Kier alpha value is -1.35. The summed E-state index contributed by atoms with van der Waals surface area (Å²) in [5, 5.41) is 3.12. The van der Waals surface area contributed by atoms with E-state index in [2.05, 4.69) is 5.32 Å². The van der Waals surface area contributed by atoms with Crippen molar-refractivity contribution in [3.8, 4) is 5.75 Å². The number of rotatable bonds is 8. The highest BCUT2D eigenvalue weighted by atomic mass is 35.5. The number of methoxy groups -OCH3 is 1. The van der Waals surface area contributed by atoms with Crippen LogP contribution in [0.5, 0.6) is 5.75 Å². The van der Waals surface area contributed by atoms with Gasteiger partial charge in [0, 0.05) is 26.2 Å². The van der Waals surface area contributed by atoms with Crippen molar-refractivity contribution in [2.45, 2.75) is 37.6 Å². The highest BCUT2D eigenvalue weighted by Crippen LogP contribution is 2.30. The van der Waals surface area contributed by atoms with Crippen molar-refractivity contribution in [3.05, 3.63) is 23.2 Å². The number of carbonyl (C=O) groups is 1. The van der Waals surface area contributed by atoms with Gasteiger partial charge in [-0.3, -0.25) is 4.79 Å². The van der Waals surface area contributed by atoms with E-state index in [-0.39, 0.29) is 34.3 Å². The van der Waals surface area contributed by atoms with Gasteiger partial charge in [0.05, 0.1) is 29.0 Å². The van der Waals surface area contributed by atoms with Crippen molar-refractivity contribution in [3.63, 3.8) is 0 Å². The van der Waals surface area contributed by atoms with Gasteiger partial charge in [0.25, 0.3) is 0 Å². The Morgan fingerprint density at radius 2 is 2.19 bits per heavy atom. The zero-order valence-corrected chi connectivity index (χ0v) is 17.5. The first-order valence-corrected chi connectivity index (χ1v) is 10.8. The molecular formula is C18H27ClN2O5S. The first kappa shape index (κ1) is 21.9. The van der Waals surface area contributed by atoms with Crippen LogP contribution < -0.4 is 10.1 Å². The predicted molar refractivity (Wildman–Crippen MR) is 104 cm³/mol. The summed E-state index contributed by atoms with van der Waals surface area (Å²) in [6.07, 6.45) is 1.28. The molecule has 0 radical (unpaired) electrons. The standard InChI is InChI=1S/C18H27ClN2O5S/c1-4-26-17-8-7-15(10-16(17)19)27(23,24)21-9-5-6-14(11-21)18(22)20-13(2)12-25-3/h7-8,10,13-14H,4-6,9,11-12H2,1-3H3,(H,20,22)/t13-,14-/m1/s1. The second-order valence-electron chi connectivity index (χ2n) is 6.59. The van der Waals surface area contributed by atoms with Crippen LogP contribution in [0.2, 0.25) is 5.02 Å². The molecule has 0 aromatic heterocycles. The summed E-state index contributed by atoms with van der Waals surface area (Å²) in [4.78, 5) is 12.5. The number of nitrogens with one attached hydrogen (secondary N) is 1. The summed E-state index contributed by atoms with van der Waals surface area (Å²) >= 11 is 6.14. The van der Waals surface area contributed by atoms with Crippen LogP contribution in [0.1, 0.15) is 26.7 Å². The molecule has 1 aromatic rings. The quantitative estimate of drug-likeness (QED) is 0.700. The van der Waals surface area contributed by atoms with Gasteiger partial charge in [-0.05, 0) is 44.9 Å². The summed E-state index contributed by atoms with van der Waals surface area (Å²) in [7, 11) is -2.16. The van der Waals surface area contributed by atoms with Gasteiger partial charge in [-0.25, -0.2) is 8.42 Å². The number of carbonyl (C=O) groups excluding carboxylic acids is 1. The van der Waals surface area contributed by atoms with E-state index >= 15 is 0 Å². The number of ether oxygens (including phenoxy) is 2. The van der Waals surface area contributed by atoms with Crippen molar-refractivity contribution < 1.29 is 22.7 Å². The molecule has 1 aliphatic heterocycles. The monoisotopic (exact) mass is 418 g/mol. The summed E-state index contributed by atoms with van der Waals surface area (Å²) in [5.74, 6) is -0.0867. The fraction of sp³-hybridized carbons (Fsp3) is 0.611. The minimum absolute atomic E-state index is 0.102. The molecule has 0 saturated carbocycles. The molecule has 2 rings (SSSR count). The number of hydrogen-bond donors (Lipinski definition) is 1. The lowest BCUT2D eigenvalue weighted by atomic mass is 9.98. The Balaban J connectivity index is 2.12. The van der Waals surface area contributed by atoms with E-state index in [9.17, 15) is 13.2 Å². The SMILES string of the molecule is CCOc1ccc(S(=O)(=O)N2CCC[C@@H](C(=O)N[C@H](C)COC)C2)cc1Cl. The maximum Gasteiger partial charge on any atom is 0.243 e. The lowest BCUT2D eigenvalue weighted by Gasteiger charge is -2.31. The highest BCUT2D eigenvalue weighted by molar-refractivity contribution is 7.89. The van der Waals surface area contributed by atoms with E-state index in [4.69, 9.17) is 21.1 Å². The summed E-state index contributed by atoms with van der Waals surface area (Å²) in [5.41, 5.74) is 0. The molecule has 1 fully saturated rings. The molecule has 1 heterocycles. The molecule has 1 saturated heterocycles. The number of hydrogen-bond acceptors (Lipinski definition) is 5. The summed E-state index contributed by atoms with van der Waals surface area (Å²) < 4.78 is 37.7. The fourth-order valence-electron chi connectivity index (χ4n) is 3.09. The second kappa shape index (κ2) is 9.73. The molecule has 0 bridgehead atoms. The van der Waals surface area contributed by atoms with Crippen LogP contribution in [0.15, 0.2) is 23.1 Å². The van der Waals surface area contributed by atoms with Crippen molar-refractivity contribution in [2.24, 2.45) is 5.92 Å². The van der Waals surface area contributed by atoms with Crippen molar-refractivity contribution >= 4 is 27.5 Å². The van der Waals surface area contributed by atoms with Crippen LogP contribution in [-0.4, -0.2) is 58.1 Å². The zero-order chi connectivity index (χ0) is 20.0. The van der Waals surface area contributed by atoms with Crippen LogP contribution >= 0.6 is 11.6 Å². The maximum absolute atomic E-state index is 13.0. The van der Waals surface area contributed by atoms with Crippen LogP contribution in [0.4, 0.5) is 0 Å². The first-order valence-electron chi connectivity index (χ1n) is 9.01. The molecular weight excluding hydrogens is 392 g/mol. The molecule has 1 N–H and O–H groups in total. The Morgan fingerprint density at radius 3 is 2.81 bits per heavy atom. The lowest BCUT2D eigenvalue weighted by Crippen LogP contribution is -2.47. The Morgan fingerprint density at radius 1 is 1.44 bits per heavy atom. The van der Waals surface area contributed by atoms with Gasteiger partial charge in [-0.2, -0.15) is 4.31 Å². The third-order valence-corrected chi connectivity index (χ3v) is 6.56. The highest BCUT2D eigenvalue weighted by Gasteiger charge is 2.34. The molecule has 0 spiro atoms. The van der Waals surface area contributed by atoms with E-state index in [1.165, 1.54) is 16.4 Å². The molecule has 1 aliphatic rings. The zero-order valence-electron chi connectivity index (χ0n) is 15.9. The fourth-order valence-corrected chi connectivity index (χ4v) is 4.94. The number of nitrogens with zero attached hydrogens (tertiary/aromatic N) is 1. The van der Waals surface area contributed by atoms with Crippen LogP contribution in [0.25, 0.3) is 0 Å². The van der Waals surface area contributed by atoms with E-state index in [1.54, 1.807) is 13.2 Å². The molecule has 9 heteroatoms. The maximum atomic E-state index is 13.0. The van der Waals surface area contributed by atoms with Gasteiger partial charge >= 0.3 is 0 Å². The average Bonchev–Trinajstić information content (AvgIpc) is 2.63. The Labute approximate surface area is 166 Å². The number of amides is 1. The molecule has 1 aromatic carbocycles. The largest absolute Gasteiger partial charge is 0.492 e. The molecule has 0 unspecified atom stereocenters. The molecule has 1 amide bonds. The number of halogens is 1. The first-order chi connectivity index (χ1) is 12.8. The Bertz CT molecular complexity index is 756. The normalized spacial score (nSPS) is 19.5. The van der Waals surface area contributed by atoms with E-state index in [1.807, 2.05) is 13.8 Å². The van der Waals surface area contributed by atoms with Crippen molar-refractivity contribution in [2.75, 3.05) is 33.4 Å². The van der Waals surface area contributed by atoms with Gasteiger partial charge in [0.15, 0.2) is 0 Å². The lowest BCUT2D eigenvalue weighted by molar-refractivity contribution is -0.127. The Kier molecular flexibility index (Phi) is 7.91. The van der Waals surface area contributed by atoms with Crippen molar-refractivity contribution in [1.82, 2.24) is 9.62 Å². The second-order valence-corrected chi connectivity index (χ2v) is 8.94. The molecule has 2 atom stereocenters.